The van der Waals surface area contributed by atoms with E-state index in [2.05, 4.69) is 15.9 Å². The van der Waals surface area contributed by atoms with Crippen molar-refractivity contribution in [2.75, 3.05) is 0 Å². The maximum Gasteiger partial charge on any atom is 0.185 e. The number of carbonyl (C=O) groups excluding carboxylic acids is 1. The van der Waals surface area contributed by atoms with Crippen molar-refractivity contribution in [3.8, 4) is 22.8 Å². The van der Waals surface area contributed by atoms with Gasteiger partial charge in [-0.05, 0) is 48.5 Å². The third kappa shape index (κ3) is 3.09. The molecule has 22 heavy (non-hydrogen) atoms. The van der Waals surface area contributed by atoms with Gasteiger partial charge in [-0.3, -0.25) is 4.79 Å². The minimum atomic E-state index is -0.512. The van der Waals surface area contributed by atoms with Crippen molar-refractivity contribution in [3.05, 3.63) is 70.6 Å². The van der Waals surface area contributed by atoms with Crippen LogP contribution in [0.15, 0.2) is 63.5 Å². The summed E-state index contributed by atoms with van der Waals surface area (Å²) in [7, 11) is 0. The van der Waals surface area contributed by atoms with Crippen molar-refractivity contribution in [1.82, 2.24) is 0 Å². The van der Waals surface area contributed by atoms with Gasteiger partial charge in [0.25, 0.3) is 0 Å². The van der Waals surface area contributed by atoms with Gasteiger partial charge >= 0.3 is 0 Å². The maximum atomic E-state index is 14.2. The second kappa shape index (κ2) is 6.15. The number of carbonyl (C=O) groups is 1. The van der Waals surface area contributed by atoms with Gasteiger partial charge in [-0.1, -0.05) is 22.0 Å². The quantitative estimate of drug-likeness (QED) is 0.580. The highest BCUT2D eigenvalue weighted by molar-refractivity contribution is 9.10. The zero-order valence-electron chi connectivity index (χ0n) is 11.3. The Morgan fingerprint density at radius 3 is 2.64 bits per heavy atom. The summed E-state index contributed by atoms with van der Waals surface area (Å²) in [6.07, 6.45) is 0.602. The first-order valence-electron chi connectivity index (χ1n) is 6.44. The molecule has 5 heteroatoms. The van der Waals surface area contributed by atoms with Crippen molar-refractivity contribution in [2.24, 2.45) is 0 Å². The smallest absolute Gasteiger partial charge is 0.185 e. The first kappa shape index (κ1) is 14.5. The average Bonchev–Trinajstić information content (AvgIpc) is 2.98. The molecule has 0 spiro atoms. The lowest BCUT2D eigenvalue weighted by atomic mass is 10.1. The molecule has 2 aromatic carbocycles. The van der Waals surface area contributed by atoms with E-state index in [1.54, 1.807) is 30.3 Å². The van der Waals surface area contributed by atoms with Gasteiger partial charge in [0, 0.05) is 10.0 Å². The monoisotopic (exact) mass is 360 g/mol. The van der Waals surface area contributed by atoms with E-state index in [-0.39, 0.29) is 11.5 Å². The SMILES string of the molecule is O=Cc1ccc(-c2ccc(Oc3cccc(Br)c3)c(F)c2)o1. The lowest BCUT2D eigenvalue weighted by Crippen LogP contribution is -1.89. The van der Waals surface area contributed by atoms with E-state index in [9.17, 15) is 9.18 Å². The van der Waals surface area contributed by atoms with E-state index in [1.807, 2.05) is 6.07 Å². The van der Waals surface area contributed by atoms with Crippen LogP contribution in [0.2, 0.25) is 0 Å². The third-order valence-electron chi connectivity index (χ3n) is 2.98. The Labute approximate surface area is 134 Å². The lowest BCUT2D eigenvalue weighted by molar-refractivity contribution is 0.110. The Balaban J connectivity index is 1.87. The molecule has 0 fully saturated rings. The highest BCUT2D eigenvalue weighted by Crippen LogP contribution is 2.30. The van der Waals surface area contributed by atoms with Crippen LogP contribution in [0.1, 0.15) is 10.6 Å². The van der Waals surface area contributed by atoms with Crippen LogP contribution >= 0.6 is 15.9 Å². The van der Waals surface area contributed by atoms with Gasteiger partial charge in [-0.25, -0.2) is 4.39 Å². The highest BCUT2D eigenvalue weighted by Gasteiger charge is 2.10. The molecule has 0 amide bonds. The number of halogens is 2. The Kier molecular flexibility index (Phi) is 4.06. The summed E-state index contributed by atoms with van der Waals surface area (Å²) >= 11 is 3.33. The molecule has 110 valence electrons. The molecule has 0 atom stereocenters. The average molecular weight is 361 g/mol. The number of aldehydes is 1. The maximum absolute atomic E-state index is 14.2. The van der Waals surface area contributed by atoms with Gasteiger partial charge in [0.05, 0.1) is 0 Å². The normalized spacial score (nSPS) is 10.5. The lowest BCUT2D eigenvalue weighted by Gasteiger charge is -2.08. The summed E-state index contributed by atoms with van der Waals surface area (Å²) in [5.41, 5.74) is 0.534. The van der Waals surface area contributed by atoms with Gasteiger partial charge in [-0.2, -0.15) is 0 Å². The van der Waals surface area contributed by atoms with Crippen LogP contribution in [0.25, 0.3) is 11.3 Å². The number of rotatable bonds is 4. The first-order chi connectivity index (χ1) is 10.7. The zero-order valence-corrected chi connectivity index (χ0v) is 12.8. The second-order valence-corrected chi connectivity index (χ2v) is 5.44. The van der Waals surface area contributed by atoms with Crippen LogP contribution in [0.3, 0.4) is 0 Å². The molecule has 0 bridgehead atoms. The Morgan fingerprint density at radius 1 is 1.09 bits per heavy atom. The van der Waals surface area contributed by atoms with Crippen molar-refractivity contribution in [2.45, 2.75) is 0 Å². The van der Waals surface area contributed by atoms with Crippen LogP contribution in [-0.2, 0) is 0 Å². The van der Waals surface area contributed by atoms with Crippen molar-refractivity contribution in [3.63, 3.8) is 0 Å². The third-order valence-corrected chi connectivity index (χ3v) is 3.48. The van der Waals surface area contributed by atoms with Crippen molar-refractivity contribution < 1.29 is 18.3 Å². The van der Waals surface area contributed by atoms with Gasteiger partial charge in [0.1, 0.15) is 11.5 Å². The summed E-state index contributed by atoms with van der Waals surface area (Å²) in [4.78, 5) is 10.6. The number of furan rings is 1. The summed E-state index contributed by atoms with van der Waals surface area (Å²) in [6, 6.07) is 14.8. The standard InChI is InChI=1S/C17H10BrFO3/c18-12-2-1-3-13(9-12)21-17-6-4-11(8-15(17)19)16-7-5-14(10-20)22-16/h1-10H. The first-order valence-corrected chi connectivity index (χ1v) is 7.23. The summed E-state index contributed by atoms with van der Waals surface area (Å²) < 4.78 is 25.8. The molecule has 1 aromatic heterocycles. The van der Waals surface area contributed by atoms with Gasteiger partial charge in [0.15, 0.2) is 23.6 Å². The fraction of sp³-hybridized carbons (Fsp3) is 0. The largest absolute Gasteiger partial charge is 0.454 e. The predicted octanol–water partition coefficient (Wildman–Crippen LogP) is 5.45. The summed E-state index contributed by atoms with van der Waals surface area (Å²) in [6.45, 7) is 0. The summed E-state index contributed by atoms with van der Waals surface area (Å²) in [5.74, 6) is 0.757. The molecule has 1 heterocycles. The minimum absolute atomic E-state index is 0.115. The molecule has 3 rings (SSSR count). The number of hydrogen-bond donors (Lipinski definition) is 0. The van der Waals surface area contributed by atoms with Crippen LogP contribution in [0, 0.1) is 5.82 Å². The van der Waals surface area contributed by atoms with Gasteiger partial charge in [0.2, 0.25) is 0 Å². The van der Waals surface area contributed by atoms with E-state index in [1.165, 1.54) is 18.2 Å². The van der Waals surface area contributed by atoms with E-state index < -0.39 is 5.82 Å². The summed E-state index contributed by atoms with van der Waals surface area (Å²) in [5, 5.41) is 0. The second-order valence-electron chi connectivity index (χ2n) is 4.52. The molecule has 3 nitrogen and oxygen atoms in total. The fourth-order valence-electron chi connectivity index (χ4n) is 1.97. The minimum Gasteiger partial charge on any atom is -0.454 e. The number of ether oxygens (including phenoxy) is 1. The molecule has 0 aliphatic carbocycles. The van der Waals surface area contributed by atoms with Crippen LogP contribution in [0.5, 0.6) is 11.5 Å². The van der Waals surface area contributed by atoms with E-state index in [4.69, 9.17) is 9.15 Å². The van der Waals surface area contributed by atoms with E-state index in [0.717, 1.165) is 4.47 Å². The molecule has 0 unspecified atom stereocenters. The van der Waals surface area contributed by atoms with E-state index in [0.29, 0.717) is 23.4 Å². The fourth-order valence-corrected chi connectivity index (χ4v) is 2.34. The highest BCUT2D eigenvalue weighted by atomic mass is 79.9. The number of hydrogen-bond acceptors (Lipinski definition) is 3. The van der Waals surface area contributed by atoms with Crippen molar-refractivity contribution >= 4 is 22.2 Å². The molecular weight excluding hydrogens is 351 g/mol. The predicted molar refractivity (Wildman–Crippen MR) is 83.7 cm³/mol. The van der Waals surface area contributed by atoms with E-state index >= 15 is 0 Å². The molecule has 0 radical (unpaired) electrons. The van der Waals surface area contributed by atoms with Gasteiger partial charge in [-0.15, -0.1) is 0 Å². The molecule has 0 aliphatic rings. The molecule has 0 aliphatic heterocycles. The Hall–Kier alpha value is -2.40. The van der Waals surface area contributed by atoms with Crippen LogP contribution in [-0.4, -0.2) is 6.29 Å². The molecular formula is C17H10BrFO3. The molecule has 0 N–H and O–H groups in total. The number of benzene rings is 2. The van der Waals surface area contributed by atoms with Crippen LogP contribution in [0.4, 0.5) is 4.39 Å². The Bertz CT molecular complexity index is 826. The zero-order chi connectivity index (χ0) is 15.5. The molecule has 0 saturated heterocycles. The van der Waals surface area contributed by atoms with Crippen LogP contribution < -0.4 is 4.74 Å². The Morgan fingerprint density at radius 2 is 1.95 bits per heavy atom. The molecule has 3 aromatic rings. The van der Waals surface area contributed by atoms with Crippen molar-refractivity contribution in [1.29, 1.82) is 0 Å². The molecule has 0 saturated carbocycles. The topological polar surface area (TPSA) is 39.4 Å². The van der Waals surface area contributed by atoms with Gasteiger partial charge < -0.3 is 9.15 Å².